The van der Waals surface area contributed by atoms with E-state index in [0.717, 1.165) is 5.56 Å². The molecule has 29 heavy (non-hydrogen) atoms. The molecule has 3 rings (SSSR count). The molecule has 0 aromatic heterocycles. The highest BCUT2D eigenvalue weighted by molar-refractivity contribution is 8.01. The van der Waals surface area contributed by atoms with Crippen molar-refractivity contribution in [2.45, 2.75) is 31.4 Å². The van der Waals surface area contributed by atoms with Crippen molar-refractivity contribution in [2.24, 2.45) is 0 Å². The van der Waals surface area contributed by atoms with E-state index >= 15 is 0 Å². The van der Waals surface area contributed by atoms with E-state index in [-0.39, 0.29) is 28.0 Å². The maximum Gasteiger partial charge on any atom is 0.273 e. The summed E-state index contributed by atoms with van der Waals surface area (Å²) in [4.78, 5) is 36.9. The molecule has 3 amide bonds. The molecule has 7 nitrogen and oxygen atoms in total. The van der Waals surface area contributed by atoms with Gasteiger partial charge in [0.25, 0.3) is 11.8 Å². The number of thioether (sulfide) groups is 1. The SMILES string of the molecule is CCOc1cc(NC(C)=O)ccc1C(=O)NN1C(=O)C(C)SC1c1ccccc1. The first-order chi connectivity index (χ1) is 13.9. The topological polar surface area (TPSA) is 87.7 Å². The van der Waals surface area contributed by atoms with Crippen LogP contribution in [0, 0.1) is 0 Å². The summed E-state index contributed by atoms with van der Waals surface area (Å²) in [6.07, 6.45) is 0. The second kappa shape index (κ2) is 9.00. The van der Waals surface area contributed by atoms with E-state index < -0.39 is 5.91 Å². The molecule has 2 aromatic carbocycles. The minimum atomic E-state index is -0.452. The first-order valence-corrected chi connectivity index (χ1v) is 10.2. The number of hydrogen-bond acceptors (Lipinski definition) is 5. The summed E-state index contributed by atoms with van der Waals surface area (Å²) < 4.78 is 5.58. The largest absolute Gasteiger partial charge is 0.493 e. The van der Waals surface area contributed by atoms with E-state index in [0.29, 0.717) is 18.0 Å². The van der Waals surface area contributed by atoms with Crippen LogP contribution in [-0.2, 0) is 9.59 Å². The Morgan fingerprint density at radius 3 is 2.55 bits per heavy atom. The number of carbonyl (C=O) groups is 3. The fourth-order valence-electron chi connectivity index (χ4n) is 3.02. The van der Waals surface area contributed by atoms with Gasteiger partial charge in [0, 0.05) is 18.7 Å². The molecule has 2 unspecified atom stereocenters. The molecule has 2 aromatic rings. The average molecular weight is 413 g/mol. The number of ether oxygens (including phenoxy) is 1. The number of benzene rings is 2. The van der Waals surface area contributed by atoms with E-state index in [1.165, 1.54) is 23.7 Å². The van der Waals surface area contributed by atoms with Crippen molar-refractivity contribution in [3.05, 3.63) is 59.7 Å². The monoisotopic (exact) mass is 413 g/mol. The molecule has 0 bridgehead atoms. The second-order valence-corrected chi connectivity index (χ2v) is 7.94. The maximum atomic E-state index is 13.0. The van der Waals surface area contributed by atoms with Gasteiger partial charge >= 0.3 is 0 Å². The van der Waals surface area contributed by atoms with Crippen molar-refractivity contribution >= 4 is 35.2 Å². The highest BCUT2D eigenvalue weighted by atomic mass is 32.2. The summed E-state index contributed by atoms with van der Waals surface area (Å²) >= 11 is 1.48. The first kappa shape index (κ1) is 20.7. The third-order valence-electron chi connectivity index (χ3n) is 4.31. The van der Waals surface area contributed by atoms with Gasteiger partial charge in [-0.25, -0.2) is 5.01 Å². The molecular formula is C21H23N3O4S. The zero-order valence-electron chi connectivity index (χ0n) is 16.5. The number of rotatable bonds is 6. The van der Waals surface area contributed by atoms with E-state index in [1.54, 1.807) is 25.1 Å². The van der Waals surface area contributed by atoms with Gasteiger partial charge in [0.2, 0.25) is 5.91 Å². The van der Waals surface area contributed by atoms with Crippen LogP contribution in [0.15, 0.2) is 48.5 Å². The van der Waals surface area contributed by atoms with Crippen molar-refractivity contribution < 1.29 is 19.1 Å². The lowest BCUT2D eigenvalue weighted by Gasteiger charge is -2.25. The highest BCUT2D eigenvalue weighted by Crippen LogP contribution is 2.41. The van der Waals surface area contributed by atoms with Crippen molar-refractivity contribution in [2.75, 3.05) is 11.9 Å². The summed E-state index contributed by atoms with van der Waals surface area (Å²) in [7, 11) is 0. The zero-order valence-corrected chi connectivity index (χ0v) is 17.3. The van der Waals surface area contributed by atoms with Gasteiger partial charge in [-0.2, -0.15) is 0 Å². The number of hydrazine groups is 1. The molecule has 1 fully saturated rings. The first-order valence-electron chi connectivity index (χ1n) is 9.29. The van der Waals surface area contributed by atoms with Crippen LogP contribution in [-0.4, -0.2) is 34.6 Å². The summed E-state index contributed by atoms with van der Waals surface area (Å²) in [6.45, 7) is 5.39. The molecule has 0 saturated carbocycles. The molecule has 0 aliphatic carbocycles. The Labute approximate surface area is 173 Å². The molecule has 2 N–H and O–H groups in total. The smallest absolute Gasteiger partial charge is 0.273 e. The Balaban J connectivity index is 1.86. The standard InChI is InChI=1S/C21H23N3O4S/c1-4-28-18-12-16(22-14(3)25)10-11-17(18)19(26)23-24-20(27)13(2)29-21(24)15-8-6-5-7-9-15/h5-13,21H,4H2,1-3H3,(H,22,25)(H,23,26). The van der Waals surface area contributed by atoms with E-state index in [2.05, 4.69) is 10.7 Å². The minimum Gasteiger partial charge on any atom is -0.493 e. The van der Waals surface area contributed by atoms with Crippen molar-refractivity contribution in [3.63, 3.8) is 0 Å². The molecule has 1 heterocycles. The van der Waals surface area contributed by atoms with Gasteiger partial charge in [-0.05, 0) is 31.5 Å². The number of carbonyl (C=O) groups excluding carboxylic acids is 3. The molecule has 1 aliphatic heterocycles. The van der Waals surface area contributed by atoms with Crippen molar-refractivity contribution in [1.29, 1.82) is 0 Å². The summed E-state index contributed by atoms with van der Waals surface area (Å²) in [5, 5.41) is 3.47. The number of anilines is 1. The average Bonchev–Trinajstić information content (AvgIpc) is 2.97. The number of nitrogens with zero attached hydrogens (tertiary/aromatic N) is 1. The maximum absolute atomic E-state index is 13.0. The van der Waals surface area contributed by atoms with E-state index in [4.69, 9.17) is 4.74 Å². The van der Waals surface area contributed by atoms with Crippen LogP contribution >= 0.6 is 11.8 Å². The fraction of sp³-hybridized carbons (Fsp3) is 0.286. The predicted octanol–water partition coefficient (Wildman–Crippen LogP) is 3.35. The van der Waals surface area contributed by atoms with Crippen molar-refractivity contribution in [1.82, 2.24) is 10.4 Å². The Bertz CT molecular complexity index is 919. The normalized spacial score (nSPS) is 18.4. The number of nitrogens with one attached hydrogen (secondary N) is 2. The summed E-state index contributed by atoms with van der Waals surface area (Å²) in [5.74, 6) is -0.499. The van der Waals surface area contributed by atoms with Crippen LogP contribution in [0.3, 0.4) is 0 Å². The van der Waals surface area contributed by atoms with E-state index in [1.807, 2.05) is 37.3 Å². The summed E-state index contributed by atoms with van der Waals surface area (Å²) in [5.41, 5.74) is 4.48. The third-order valence-corrected chi connectivity index (χ3v) is 5.66. The minimum absolute atomic E-state index is 0.162. The van der Waals surface area contributed by atoms with Gasteiger partial charge in [0.05, 0.1) is 17.4 Å². The Morgan fingerprint density at radius 1 is 1.17 bits per heavy atom. The number of hydrogen-bond donors (Lipinski definition) is 2. The quantitative estimate of drug-likeness (QED) is 0.758. The lowest BCUT2D eigenvalue weighted by molar-refractivity contribution is -0.132. The Hall–Kier alpha value is -3.00. The number of amides is 3. The van der Waals surface area contributed by atoms with Crippen LogP contribution < -0.4 is 15.5 Å². The molecule has 1 saturated heterocycles. The zero-order chi connectivity index (χ0) is 21.0. The molecule has 8 heteroatoms. The lowest BCUT2D eigenvalue weighted by atomic mass is 10.1. The Morgan fingerprint density at radius 2 is 1.90 bits per heavy atom. The second-order valence-electron chi connectivity index (χ2n) is 6.52. The van der Waals surface area contributed by atoms with Crippen LogP contribution in [0.2, 0.25) is 0 Å². The van der Waals surface area contributed by atoms with Crippen LogP contribution in [0.4, 0.5) is 5.69 Å². The highest BCUT2D eigenvalue weighted by Gasteiger charge is 2.40. The van der Waals surface area contributed by atoms with Gasteiger partial charge in [0.15, 0.2) is 0 Å². The van der Waals surface area contributed by atoms with Gasteiger partial charge in [-0.3, -0.25) is 19.8 Å². The summed E-state index contributed by atoms with van der Waals surface area (Å²) in [6, 6.07) is 14.3. The predicted molar refractivity (Wildman–Crippen MR) is 112 cm³/mol. The van der Waals surface area contributed by atoms with Gasteiger partial charge in [-0.1, -0.05) is 30.3 Å². The van der Waals surface area contributed by atoms with Gasteiger partial charge in [-0.15, -0.1) is 11.8 Å². The Kier molecular flexibility index (Phi) is 6.43. The van der Waals surface area contributed by atoms with Gasteiger partial charge in [0.1, 0.15) is 11.1 Å². The van der Waals surface area contributed by atoms with Crippen LogP contribution in [0.5, 0.6) is 5.75 Å². The molecular weight excluding hydrogens is 390 g/mol. The van der Waals surface area contributed by atoms with Crippen LogP contribution in [0.25, 0.3) is 0 Å². The molecule has 0 radical (unpaired) electrons. The van der Waals surface area contributed by atoms with Crippen LogP contribution in [0.1, 0.15) is 42.1 Å². The van der Waals surface area contributed by atoms with E-state index in [9.17, 15) is 14.4 Å². The van der Waals surface area contributed by atoms with Crippen molar-refractivity contribution in [3.8, 4) is 5.75 Å². The molecule has 152 valence electrons. The van der Waals surface area contributed by atoms with Gasteiger partial charge < -0.3 is 10.1 Å². The lowest BCUT2D eigenvalue weighted by Crippen LogP contribution is -2.45. The molecule has 1 aliphatic rings. The molecule has 2 atom stereocenters. The third kappa shape index (κ3) is 4.71. The fourth-order valence-corrected chi connectivity index (χ4v) is 4.23. The molecule has 0 spiro atoms.